The highest BCUT2D eigenvalue weighted by atomic mass is 19.1. The molecule has 2 aromatic rings. The van der Waals surface area contributed by atoms with E-state index in [1.807, 2.05) is 6.07 Å². The summed E-state index contributed by atoms with van der Waals surface area (Å²) in [5, 5.41) is 2.76. The van der Waals surface area contributed by atoms with Gasteiger partial charge in [-0.2, -0.15) is 0 Å². The van der Waals surface area contributed by atoms with Crippen molar-refractivity contribution >= 4 is 5.91 Å². The summed E-state index contributed by atoms with van der Waals surface area (Å²) in [5.74, 6) is -0.399. The molecule has 0 atom stereocenters. The van der Waals surface area contributed by atoms with Gasteiger partial charge in [-0.15, -0.1) is 0 Å². The largest absolute Gasteiger partial charge is 0.357 e. The van der Waals surface area contributed by atoms with Crippen molar-refractivity contribution in [2.45, 2.75) is 6.42 Å². The maximum Gasteiger partial charge on any atom is 0.267 e. The van der Waals surface area contributed by atoms with Crippen molar-refractivity contribution in [3.63, 3.8) is 0 Å². The lowest BCUT2D eigenvalue weighted by atomic mass is 10.1. The minimum absolute atomic E-state index is 0.147. The zero-order valence-electron chi connectivity index (χ0n) is 9.24. The molecular formula is C13H13FN2O. The van der Waals surface area contributed by atoms with E-state index in [4.69, 9.17) is 0 Å². The van der Waals surface area contributed by atoms with Crippen LogP contribution in [0.15, 0.2) is 42.6 Å². The van der Waals surface area contributed by atoms with Crippen molar-refractivity contribution in [3.8, 4) is 0 Å². The molecule has 0 saturated heterocycles. The Morgan fingerprint density at radius 1 is 1.29 bits per heavy atom. The summed E-state index contributed by atoms with van der Waals surface area (Å²) in [5.41, 5.74) is 1.40. The minimum Gasteiger partial charge on any atom is -0.357 e. The van der Waals surface area contributed by atoms with Gasteiger partial charge in [0.15, 0.2) is 0 Å². The highest BCUT2D eigenvalue weighted by Crippen LogP contribution is 2.03. The van der Waals surface area contributed by atoms with Gasteiger partial charge in [0, 0.05) is 12.7 Å². The van der Waals surface area contributed by atoms with Crippen molar-refractivity contribution < 1.29 is 9.18 Å². The molecule has 0 spiro atoms. The Hall–Kier alpha value is -2.10. The first-order valence-corrected chi connectivity index (χ1v) is 5.42. The van der Waals surface area contributed by atoms with Crippen LogP contribution in [0.4, 0.5) is 4.39 Å². The summed E-state index contributed by atoms with van der Waals surface area (Å²) in [6.45, 7) is 0.487. The van der Waals surface area contributed by atoms with E-state index in [1.54, 1.807) is 24.4 Å². The van der Waals surface area contributed by atoms with Gasteiger partial charge in [-0.05, 0) is 36.2 Å². The van der Waals surface area contributed by atoms with E-state index < -0.39 is 0 Å². The molecule has 0 bridgehead atoms. The lowest BCUT2D eigenvalue weighted by Crippen LogP contribution is -2.25. The van der Waals surface area contributed by atoms with Gasteiger partial charge in [0.1, 0.15) is 11.5 Å². The van der Waals surface area contributed by atoms with Crippen LogP contribution in [0.2, 0.25) is 0 Å². The number of carbonyl (C=O) groups is 1. The summed E-state index contributed by atoms with van der Waals surface area (Å²) in [7, 11) is 0. The minimum atomic E-state index is -0.252. The summed E-state index contributed by atoms with van der Waals surface area (Å²) < 4.78 is 12.9. The second-order valence-corrected chi connectivity index (χ2v) is 3.72. The number of hydrogen-bond donors (Lipinski definition) is 2. The van der Waals surface area contributed by atoms with E-state index in [1.165, 1.54) is 12.1 Å². The number of aromatic amines is 1. The average molecular weight is 232 g/mol. The predicted octanol–water partition coefficient (Wildman–Crippen LogP) is 2.13. The monoisotopic (exact) mass is 232 g/mol. The second-order valence-electron chi connectivity index (χ2n) is 3.72. The van der Waals surface area contributed by atoms with Gasteiger partial charge in [-0.1, -0.05) is 12.1 Å². The van der Waals surface area contributed by atoms with Gasteiger partial charge in [-0.3, -0.25) is 4.79 Å². The summed E-state index contributed by atoms with van der Waals surface area (Å²) >= 11 is 0. The predicted molar refractivity (Wildman–Crippen MR) is 63.2 cm³/mol. The number of rotatable bonds is 4. The number of aromatic nitrogens is 1. The molecular weight excluding hydrogens is 219 g/mol. The molecule has 0 unspecified atom stereocenters. The van der Waals surface area contributed by atoms with Crippen molar-refractivity contribution in [3.05, 3.63) is 59.7 Å². The normalized spacial score (nSPS) is 10.2. The number of nitrogens with one attached hydrogen (secondary N) is 2. The topological polar surface area (TPSA) is 44.9 Å². The fourth-order valence-corrected chi connectivity index (χ4v) is 1.58. The number of benzene rings is 1. The van der Waals surface area contributed by atoms with Crippen LogP contribution in [0.1, 0.15) is 16.1 Å². The molecule has 0 fully saturated rings. The number of H-pyrrole nitrogens is 1. The molecule has 88 valence electrons. The Kier molecular flexibility index (Phi) is 3.55. The van der Waals surface area contributed by atoms with Gasteiger partial charge >= 0.3 is 0 Å². The Morgan fingerprint density at radius 3 is 2.88 bits per heavy atom. The quantitative estimate of drug-likeness (QED) is 0.833. The van der Waals surface area contributed by atoms with Gasteiger partial charge in [-0.25, -0.2) is 4.39 Å². The van der Waals surface area contributed by atoms with Crippen LogP contribution in [0.5, 0.6) is 0 Å². The first-order chi connectivity index (χ1) is 8.25. The Balaban J connectivity index is 1.82. The van der Waals surface area contributed by atoms with E-state index in [9.17, 15) is 9.18 Å². The Bertz CT molecular complexity index is 494. The molecule has 0 radical (unpaired) electrons. The number of halogens is 1. The van der Waals surface area contributed by atoms with Crippen LogP contribution in [0, 0.1) is 5.82 Å². The van der Waals surface area contributed by atoms with Gasteiger partial charge in [0.2, 0.25) is 0 Å². The van der Waals surface area contributed by atoms with Crippen LogP contribution in [-0.2, 0) is 6.42 Å². The average Bonchev–Trinajstić information content (AvgIpc) is 2.82. The molecule has 1 amide bonds. The van der Waals surface area contributed by atoms with Crippen LogP contribution in [0.3, 0.4) is 0 Å². The van der Waals surface area contributed by atoms with Gasteiger partial charge in [0.25, 0.3) is 5.91 Å². The molecule has 0 aliphatic carbocycles. The van der Waals surface area contributed by atoms with Crippen LogP contribution < -0.4 is 5.32 Å². The maximum absolute atomic E-state index is 12.9. The highest BCUT2D eigenvalue weighted by Gasteiger charge is 2.04. The number of amides is 1. The third kappa shape index (κ3) is 3.17. The zero-order chi connectivity index (χ0) is 12.1. The molecule has 2 rings (SSSR count). The maximum atomic E-state index is 12.9. The third-order valence-corrected chi connectivity index (χ3v) is 2.43. The summed E-state index contributed by atoms with van der Waals surface area (Å²) in [6.07, 6.45) is 2.31. The molecule has 1 aromatic carbocycles. The van der Waals surface area contributed by atoms with E-state index in [0.717, 1.165) is 5.56 Å². The molecule has 3 nitrogen and oxygen atoms in total. The molecule has 4 heteroatoms. The lowest BCUT2D eigenvalue weighted by molar-refractivity contribution is 0.0950. The molecule has 0 aliphatic rings. The smallest absolute Gasteiger partial charge is 0.267 e. The fraction of sp³-hybridized carbons (Fsp3) is 0.154. The molecule has 1 aromatic heterocycles. The van der Waals surface area contributed by atoms with Gasteiger partial charge < -0.3 is 10.3 Å². The molecule has 0 saturated carbocycles. The standard InChI is InChI=1S/C13H13FN2O/c14-11-4-1-3-10(9-11)6-8-16-13(17)12-5-2-7-15-12/h1-5,7,9,15H,6,8H2,(H,16,17). The van der Waals surface area contributed by atoms with Crippen LogP contribution in [0.25, 0.3) is 0 Å². The molecule has 17 heavy (non-hydrogen) atoms. The second kappa shape index (κ2) is 5.30. The SMILES string of the molecule is O=C(NCCc1cccc(F)c1)c1ccc[nH]1. The molecule has 0 aliphatic heterocycles. The zero-order valence-corrected chi connectivity index (χ0v) is 9.24. The first-order valence-electron chi connectivity index (χ1n) is 5.42. The Morgan fingerprint density at radius 2 is 2.18 bits per heavy atom. The van der Waals surface area contributed by atoms with Crippen molar-refractivity contribution in [1.82, 2.24) is 10.3 Å². The summed E-state index contributed by atoms with van der Waals surface area (Å²) in [4.78, 5) is 14.4. The Labute approximate surface area is 98.7 Å². The molecule has 2 N–H and O–H groups in total. The van der Waals surface area contributed by atoms with Crippen molar-refractivity contribution in [2.24, 2.45) is 0 Å². The lowest BCUT2D eigenvalue weighted by Gasteiger charge is -2.04. The van der Waals surface area contributed by atoms with E-state index in [0.29, 0.717) is 18.7 Å². The van der Waals surface area contributed by atoms with Crippen molar-refractivity contribution in [1.29, 1.82) is 0 Å². The summed E-state index contributed by atoms with van der Waals surface area (Å²) in [6, 6.07) is 9.85. The number of hydrogen-bond acceptors (Lipinski definition) is 1. The van der Waals surface area contributed by atoms with Crippen LogP contribution >= 0.6 is 0 Å². The van der Waals surface area contributed by atoms with Crippen molar-refractivity contribution in [2.75, 3.05) is 6.54 Å². The van der Waals surface area contributed by atoms with Crippen LogP contribution in [-0.4, -0.2) is 17.4 Å². The van der Waals surface area contributed by atoms with Gasteiger partial charge in [0.05, 0.1) is 0 Å². The van der Waals surface area contributed by atoms with E-state index >= 15 is 0 Å². The highest BCUT2D eigenvalue weighted by molar-refractivity contribution is 5.92. The van der Waals surface area contributed by atoms with E-state index in [2.05, 4.69) is 10.3 Å². The fourth-order valence-electron chi connectivity index (χ4n) is 1.58. The third-order valence-electron chi connectivity index (χ3n) is 2.43. The first kappa shape index (κ1) is 11.4. The van der Waals surface area contributed by atoms with E-state index in [-0.39, 0.29) is 11.7 Å². The molecule has 1 heterocycles. The number of carbonyl (C=O) groups excluding carboxylic acids is 1.